The van der Waals surface area contributed by atoms with E-state index in [1.807, 2.05) is 6.08 Å². The van der Waals surface area contributed by atoms with Crippen molar-refractivity contribution < 1.29 is 47.6 Å². The molecule has 31 heavy (non-hydrogen) atoms. The Labute approximate surface area is 179 Å². The van der Waals surface area contributed by atoms with E-state index in [1.165, 1.54) is 27.7 Å². The van der Waals surface area contributed by atoms with Gasteiger partial charge in [-0.25, -0.2) is 0 Å². The molecule has 1 aliphatic heterocycles. The molecule has 1 saturated carbocycles. The Bertz CT molecular complexity index is 813. The lowest BCUT2D eigenvalue weighted by atomic mass is 9.75. The highest BCUT2D eigenvalue weighted by molar-refractivity contribution is 5.69. The lowest BCUT2D eigenvalue weighted by molar-refractivity contribution is -0.215. The lowest BCUT2D eigenvalue weighted by Crippen LogP contribution is -2.59. The van der Waals surface area contributed by atoms with Gasteiger partial charge in [0.25, 0.3) is 0 Å². The van der Waals surface area contributed by atoms with Crippen LogP contribution >= 0.6 is 0 Å². The second kappa shape index (κ2) is 9.51. The van der Waals surface area contributed by atoms with Crippen LogP contribution < -0.4 is 0 Å². The zero-order valence-corrected chi connectivity index (χ0v) is 17.8. The van der Waals surface area contributed by atoms with Crippen molar-refractivity contribution in [1.29, 1.82) is 0 Å². The van der Waals surface area contributed by atoms with E-state index < -0.39 is 54.2 Å². The quantitative estimate of drug-likeness (QED) is 0.458. The summed E-state index contributed by atoms with van der Waals surface area (Å²) in [6.07, 6.45) is 0.0629. The third-order valence-corrected chi connectivity index (χ3v) is 5.24. The Kier molecular flexibility index (Phi) is 6.99. The van der Waals surface area contributed by atoms with Crippen LogP contribution in [0.5, 0.6) is 0 Å². The van der Waals surface area contributed by atoms with Crippen LogP contribution in [0.4, 0.5) is 0 Å². The summed E-state index contributed by atoms with van der Waals surface area (Å²) in [6, 6.07) is 0. The van der Waals surface area contributed by atoms with E-state index in [2.05, 4.69) is 0 Å². The molecule has 0 aromatic carbocycles. The molecule has 10 nitrogen and oxygen atoms in total. The first kappa shape index (κ1) is 22.8. The van der Waals surface area contributed by atoms with Gasteiger partial charge in [0, 0.05) is 33.6 Å². The minimum Gasteiger partial charge on any atom is -0.469 e. The monoisotopic (exact) mass is 438 g/mol. The van der Waals surface area contributed by atoms with Crippen LogP contribution in [0.15, 0.2) is 23.5 Å². The van der Waals surface area contributed by atoms with E-state index in [4.69, 9.17) is 28.4 Å². The van der Waals surface area contributed by atoms with Gasteiger partial charge in [0.2, 0.25) is 0 Å². The molecule has 2 fully saturated rings. The maximum absolute atomic E-state index is 11.9. The molecular formula is C21H26O10. The van der Waals surface area contributed by atoms with Gasteiger partial charge < -0.3 is 28.4 Å². The fourth-order valence-electron chi connectivity index (χ4n) is 4.20. The number of esters is 4. The Morgan fingerprint density at radius 2 is 1.42 bits per heavy atom. The minimum atomic E-state index is -1.17. The molecule has 0 amide bonds. The number of allylic oxidation sites excluding steroid dienone is 1. The third-order valence-electron chi connectivity index (χ3n) is 5.24. The van der Waals surface area contributed by atoms with Gasteiger partial charge >= 0.3 is 23.9 Å². The molecule has 10 heteroatoms. The topological polar surface area (TPSA) is 124 Å². The number of ether oxygens (including phenoxy) is 6. The van der Waals surface area contributed by atoms with Crippen LogP contribution in [-0.4, -0.2) is 61.2 Å². The average Bonchev–Trinajstić information content (AvgIpc) is 3.12. The molecule has 6 atom stereocenters. The smallest absolute Gasteiger partial charge is 0.303 e. The van der Waals surface area contributed by atoms with E-state index in [1.54, 1.807) is 6.08 Å². The molecule has 0 aromatic rings. The highest BCUT2D eigenvalue weighted by Gasteiger charge is 2.53. The third kappa shape index (κ3) is 5.43. The fourth-order valence-corrected chi connectivity index (χ4v) is 4.20. The number of carbonyl (C=O) groups excluding carboxylic acids is 4. The maximum atomic E-state index is 11.9. The molecule has 1 saturated heterocycles. The molecule has 0 bridgehead atoms. The van der Waals surface area contributed by atoms with Crippen molar-refractivity contribution in [2.75, 3.05) is 6.79 Å². The van der Waals surface area contributed by atoms with E-state index in [-0.39, 0.29) is 19.3 Å². The van der Waals surface area contributed by atoms with Crippen molar-refractivity contribution in [3.8, 4) is 0 Å². The zero-order valence-electron chi connectivity index (χ0n) is 17.8. The van der Waals surface area contributed by atoms with Crippen molar-refractivity contribution in [3.63, 3.8) is 0 Å². The number of fused-ring (bicyclic) bond motifs is 1. The summed E-state index contributed by atoms with van der Waals surface area (Å²) in [4.78, 5) is 47.3. The largest absolute Gasteiger partial charge is 0.469 e. The van der Waals surface area contributed by atoms with Gasteiger partial charge in [0.1, 0.15) is 24.1 Å². The van der Waals surface area contributed by atoms with Gasteiger partial charge in [-0.15, -0.1) is 0 Å². The highest BCUT2D eigenvalue weighted by Crippen LogP contribution is 2.41. The molecule has 2 unspecified atom stereocenters. The van der Waals surface area contributed by atoms with E-state index in [0.717, 1.165) is 5.57 Å². The van der Waals surface area contributed by atoms with Crippen molar-refractivity contribution in [3.05, 3.63) is 23.5 Å². The molecule has 170 valence electrons. The minimum absolute atomic E-state index is 0.149. The van der Waals surface area contributed by atoms with Crippen LogP contribution in [0.2, 0.25) is 0 Å². The number of carbonyl (C=O) groups is 4. The Morgan fingerprint density at radius 3 is 2.03 bits per heavy atom. The summed E-state index contributed by atoms with van der Waals surface area (Å²) in [5, 5.41) is 0. The van der Waals surface area contributed by atoms with E-state index >= 15 is 0 Å². The molecule has 2 aliphatic carbocycles. The predicted molar refractivity (Wildman–Crippen MR) is 102 cm³/mol. The molecule has 3 rings (SSSR count). The number of hydrogen-bond acceptors (Lipinski definition) is 10. The van der Waals surface area contributed by atoms with E-state index in [0.29, 0.717) is 12.2 Å². The maximum Gasteiger partial charge on any atom is 0.303 e. The average molecular weight is 438 g/mol. The van der Waals surface area contributed by atoms with Crippen molar-refractivity contribution in [2.24, 2.45) is 5.92 Å². The molecule has 0 radical (unpaired) electrons. The fraction of sp³-hybridized carbons (Fsp3) is 0.619. The molecule has 0 aromatic heterocycles. The van der Waals surface area contributed by atoms with Gasteiger partial charge in [0.05, 0.1) is 0 Å². The van der Waals surface area contributed by atoms with Crippen molar-refractivity contribution >= 4 is 23.9 Å². The Balaban J connectivity index is 2.01. The predicted octanol–water partition coefficient (Wildman–Crippen LogP) is 1.32. The first-order chi connectivity index (χ1) is 14.7. The molecule has 1 heterocycles. The number of hydrogen-bond donors (Lipinski definition) is 0. The van der Waals surface area contributed by atoms with Crippen molar-refractivity contribution in [1.82, 2.24) is 0 Å². The van der Waals surface area contributed by atoms with Crippen LogP contribution in [-0.2, 0) is 47.6 Å². The normalized spacial score (nSPS) is 31.9. The summed E-state index contributed by atoms with van der Waals surface area (Å²) in [5.74, 6) is -2.36. The van der Waals surface area contributed by atoms with Gasteiger partial charge in [-0.2, -0.15) is 0 Å². The molecule has 0 N–H and O–H groups in total. The van der Waals surface area contributed by atoms with Crippen LogP contribution in [0.1, 0.15) is 40.5 Å². The van der Waals surface area contributed by atoms with Gasteiger partial charge in [-0.05, 0) is 24.5 Å². The first-order valence-electron chi connectivity index (χ1n) is 10.0. The molecule has 3 aliphatic rings. The highest BCUT2D eigenvalue weighted by atomic mass is 16.7. The molecule has 0 spiro atoms. The zero-order chi connectivity index (χ0) is 22.7. The summed E-state index contributed by atoms with van der Waals surface area (Å²) in [7, 11) is 0. The summed E-state index contributed by atoms with van der Waals surface area (Å²) in [5.41, 5.74) is 0.763. The first-order valence-corrected chi connectivity index (χ1v) is 10.0. The lowest BCUT2D eigenvalue weighted by Gasteiger charge is -2.44. The van der Waals surface area contributed by atoms with Crippen LogP contribution in [0.3, 0.4) is 0 Å². The second-order valence-corrected chi connectivity index (χ2v) is 7.62. The van der Waals surface area contributed by atoms with Gasteiger partial charge in [0.15, 0.2) is 19.0 Å². The number of rotatable bonds is 5. The molecular weight excluding hydrogens is 412 g/mol. The summed E-state index contributed by atoms with van der Waals surface area (Å²) in [6.45, 7) is 4.99. The van der Waals surface area contributed by atoms with Crippen molar-refractivity contribution in [2.45, 2.75) is 71.1 Å². The van der Waals surface area contributed by atoms with Gasteiger partial charge in [-0.3, -0.25) is 19.2 Å². The summed E-state index contributed by atoms with van der Waals surface area (Å²) < 4.78 is 32.8. The van der Waals surface area contributed by atoms with Crippen LogP contribution in [0, 0.1) is 5.92 Å². The summed E-state index contributed by atoms with van der Waals surface area (Å²) >= 11 is 0. The SMILES string of the molecule is CC(=O)O[C@@H]1[C@H](OC(C)=O)[C@H](OC(C)=O)C(C2=CCC3OCOC3=C2)C[C@@H]1OC(C)=O. The Hall–Kier alpha value is -2.88. The van der Waals surface area contributed by atoms with E-state index in [9.17, 15) is 19.2 Å². The van der Waals surface area contributed by atoms with Crippen LogP contribution in [0.25, 0.3) is 0 Å². The second-order valence-electron chi connectivity index (χ2n) is 7.62. The van der Waals surface area contributed by atoms with Gasteiger partial charge in [-0.1, -0.05) is 6.08 Å². The standard InChI is InChI=1S/C21H26O10/c1-10(22)28-18-8-15(14-5-6-16-17(7-14)27-9-26-16)19(29-11(2)23)21(31-13(4)25)20(18)30-12(3)24/h5,7,15-16,18-21H,6,8-9H2,1-4H3/t15?,16?,18-,19+,20-,21+/m0/s1. The Morgan fingerprint density at radius 1 is 0.839 bits per heavy atom.